The van der Waals surface area contributed by atoms with Gasteiger partial charge in [-0.05, 0) is 18.2 Å². The van der Waals surface area contributed by atoms with E-state index in [1.54, 1.807) is 12.1 Å². The maximum Gasteiger partial charge on any atom is 0.280 e. The van der Waals surface area contributed by atoms with E-state index < -0.39 is 11.7 Å². The predicted octanol–water partition coefficient (Wildman–Crippen LogP) is 5.25. The fourth-order valence-corrected chi connectivity index (χ4v) is 3.96. The van der Waals surface area contributed by atoms with Gasteiger partial charge in [-0.1, -0.05) is 22.9 Å². The van der Waals surface area contributed by atoms with Crippen LogP contribution in [0.5, 0.6) is 28.7 Å². The van der Waals surface area contributed by atoms with Crippen molar-refractivity contribution in [3.8, 4) is 28.7 Å². The van der Waals surface area contributed by atoms with Crippen LogP contribution in [0.3, 0.4) is 0 Å². The quantitative estimate of drug-likeness (QED) is 0.392. The Hall–Kier alpha value is -3.63. The van der Waals surface area contributed by atoms with E-state index in [-0.39, 0.29) is 33.1 Å². The van der Waals surface area contributed by atoms with Crippen LogP contribution in [0.15, 0.2) is 42.6 Å². The molecule has 2 aromatic heterocycles. The van der Waals surface area contributed by atoms with Crippen molar-refractivity contribution in [3.05, 3.63) is 59.1 Å². The zero-order valence-electron chi connectivity index (χ0n) is 16.7. The molecule has 2 heterocycles. The summed E-state index contributed by atoms with van der Waals surface area (Å²) in [5.41, 5.74) is 0.290. The second-order valence-corrected chi connectivity index (χ2v) is 7.77. The van der Waals surface area contributed by atoms with Crippen LogP contribution in [0, 0.1) is 5.82 Å². The maximum atomic E-state index is 13.3. The number of fused-ring (bicyclic) bond motifs is 1. The molecule has 2 aromatic carbocycles. The summed E-state index contributed by atoms with van der Waals surface area (Å²) in [6.07, 6.45) is 1.35. The number of benzene rings is 2. The SMILES string of the molecule is COc1ccnc(C(=O)Nc2nc3c(OC)cc(Oc4ccc(F)cc4Cl)cc3s2)c1O. The first-order valence-corrected chi connectivity index (χ1v) is 10.2. The molecule has 1 amide bonds. The van der Waals surface area contributed by atoms with Crippen molar-refractivity contribution in [2.45, 2.75) is 0 Å². The van der Waals surface area contributed by atoms with E-state index in [4.69, 9.17) is 25.8 Å². The first-order valence-electron chi connectivity index (χ1n) is 9.04. The molecule has 0 aliphatic rings. The van der Waals surface area contributed by atoms with E-state index in [2.05, 4.69) is 15.3 Å². The molecule has 11 heteroatoms. The molecule has 0 bridgehead atoms. The molecular formula is C21H15ClFN3O5S. The summed E-state index contributed by atoms with van der Waals surface area (Å²) in [6.45, 7) is 0. The number of nitrogens with zero attached hydrogens (tertiary/aromatic N) is 2. The first-order chi connectivity index (χ1) is 15.4. The van der Waals surface area contributed by atoms with E-state index in [1.807, 2.05) is 0 Å². The average Bonchev–Trinajstić information content (AvgIpc) is 3.17. The van der Waals surface area contributed by atoms with Crippen LogP contribution in [-0.2, 0) is 0 Å². The Morgan fingerprint density at radius 2 is 1.91 bits per heavy atom. The van der Waals surface area contributed by atoms with E-state index >= 15 is 0 Å². The number of ether oxygens (including phenoxy) is 3. The Labute approximate surface area is 190 Å². The molecule has 0 aliphatic carbocycles. The molecule has 0 saturated heterocycles. The van der Waals surface area contributed by atoms with E-state index in [0.717, 1.165) is 17.4 Å². The number of pyridine rings is 1. The van der Waals surface area contributed by atoms with Gasteiger partial charge in [0.2, 0.25) is 0 Å². The average molecular weight is 476 g/mol. The van der Waals surface area contributed by atoms with Gasteiger partial charge in [-0.2, -0.15) is 0 Å². The van der Waals surface area contributed by atoms with Gasteiger partial charge in [0.05, 0.1) is 23.9 Å². The lowest BCUT2D eigenvalue weighted by atomic mass is 10.3. The van der Waals surface area contributed by atoms with E-state index in [0.29, 0.717) is 21.7 Å². The Bertz CT molecular complexity index is 1330. The minimum Gasteiger partial charge on any atom is -0.503 e. The topological polar surface area (TPSA) is 103 Å². The summed E-state index contributed by atoms with van der Waals surface area (Å²) in [4.78, 5) is 20.9. The van der Waals surface area contributed by atoms with Crippen LogP contribution in [-0.4, -0.2) is 35.2 Å². The van der Waals surface area contributed by atoms with Gasteiger partial charge in [0.1, 0.15) is 28.6 Å². The van der Waals surface area contributed by atoms with Gasteiger partial charge in [-0.25, -0.2) is 14.4 Å². The molecule has 8 nitrogen and oxygen atoms in total. The number of hydrogen-bond donors (Lipinski definition) is 2. The molecule has 0 spiro atoms. The smallest absolute Gasteiger partial charge is 0.280 e. The second kappa shape index (κ2) is 8.85. The van der Waals surface area contributed by atoms with E-state index in [1.165, 1.54) is 38.6 Å². The molecule has 4 rings (SSSR count). The highest BCUT2D eigenvalue weighted by atomic mass is 35.5. The monoisotopic (exact) mass is 475 g/mol. The Morgan fingerprint density at radius 1 is 1.12 bits per heavy atom. The largest absolute Gasteiger partial charge is 0.503 e. The highest BCUT2D eigenvalue weighted by Gasteiger charge is 2.20. The molecule has 0 unspecified atom stereocenters. The number of carbonyl (C=O) groups excluding carboxylic acids is 1. The number of rotatable bonds is 6. The van der Waals surface area contributed by atoms with Crippen molar-refractivity contribution in [1.29, 1.82) is 0 Å². The summed E-state index contributed by atoms with van der Waals surface area (Å²) >= 11 is 7.20. The van der Waals surface area contributed by atoms with Crippen molar-refractivity contribution in [1.82, 2.24) is 9.97 Å². The number of carbonyl (C=O) groups is 1. The fraction of sp³-hybridized carbons (Fsp3) is 0.0952. The number of aromatic hydroxyl groups is 1. The zero-order chi connectivity index (χ0) is 22.8. The molecule has 164 valence electrons. The standard InChI is InChI=1S/C21H15ClFN3O5S/c1-29-14-5-6-24-18(19(14)27)20(28)26-21-25-17-15(30-2)8-11(9-16(17)32-21)31-13-4-3-10(23)7-12(13)22/h3-9,27H,1-2H3,(H,25,26,28). The van der Waals surface area contributed by atoms with Crippen molar-refractivity contribution < 1.29 is 28.5 Å². The third-order valence-corrected chi connectivity index (χ3v) is 5.53. The lowest BCUT2D eigenvalue weighted by molar-refractivity contribution is 0.101. The van der Waals surface area contributed by atoms with E-state index in [9.17, 15) is 14.3 Å². The molecule has 0 saturated carbocycles. The Balaban J connectivity index is 1.64. The number of halogens is 2. The van der Waals surface area contributed by atoms with Crippen LogP contribution in [0.2, 0.25) is 5.02 Å². The Kier molecular flexibility index (Phi) is 5.97. The minimum absolute atomic E-state index is 0.118. The summed E-state index contributed by atoms with van der Waals surface area (Å²) < 4.78 is 30.1. The van der Waals surface area contributed by atoms with Crippen LogP contribution in [0.4, 0.5) is 9.52 Å². The van der Waals surface area contributed by atoms with Crippen molar-refractivity contribution in [2.75, 3.05) is 19.5 Å². The van der Waals surface area contributed by atoms with Crippen LogP contribution in [0.25, 0.3) is 10.2 Å². The Morgan fingerprint density at radius 3 is 2.62 bits per heavy atom. The summed E-state index contributed by atoms with van der Waals surface area (Å²) in [7, 11) is 2.84. The summed E-state index contributed by atoms with van der Waals surface area (Å²) in [5, 5.41) is 13.1. The number of nitrogens with one attached hydrogen (secondary N) is 1. The predicted molar refractivity (Wildman–Crippen MR) is 118 cm³/mol. The summed E-state index contributed by atoms with van der Waals surface area (Å²) in [6, 6.07) is 8.52. The molecule has 0 fully saturated rings. The minimum atomic E-state index is -0.658. The summed E-state index contributed by atoms with van der Waals surface area (Å²) in [5.74, 6) is -0.336. The third-order valence-electron chi connectivity index (χ3n) is 4.32. The van der Waals surface area contributed by atoms with Crippen molar-refractivity contribution in [3.63, 3.8) is 0 Å². The van der Waals surface area contributed by atoms with Gasteiger partial charge in [0, 0.05) is 24.4 Å². The second-order valence-electron chi connectivity index (χ2n) is 6.33. The highest BCUT2D eigenvalue weighted by molar-refractivity contribution is 7.22. The highest BCUT2D eigenvalue weighted by Crippen LogP contribution is 2.39. The fourth-order valence-electron chi connectivity index (χ4n) is 2.85. The number of thiazole rings is 1. The number of aromatic nitrogens is 2. The molecule has 0 aliphatic heterocycles. The van der Waals surface area contributed by atoms with Gasteiger partial charge in [0.25, 0.3) is 5.91 Å². The van der Waals surface area contributed by atoms with Gasteiger partial charge >= 0.3 is 0 Å². The zero-order valence-corrected chi connectivity index (χ0v) is 18.3. The van der Waals surface area contributed by atoms with Crippen LogP contribution in [0.1, 0.15) is 10.5 Å². The van der Waals surface area contributed by atoms with Gasteiger partial charge in [-0.3, -0.25) is 10.1 Å². The lowest BCUT2D eigenvalue weighted by Crippen LogP contribution is -2.13. The first kappa shape index (κ1) is 21.6. The number of amides is 1. The van der Waals surface area contributed by atoms with Crippen molar-refractivity contribution >= 4 is 44.2 Å². The molecular weight excluding hydrogens is 461 g/mol. The van der Waals surface area contributed by atoms with Crippen LogP contribution >= 0.6 is 22.9 Å². The molecule has 0 atom stereocenters. The molecule has 0 radical (unpaired) electrons. The maximum absolute atomic E-state index is 13.3. The molecule has 32 heavy (non-hydrogen) atoms. The van der Waals surface area contributed by atoms with Crippen LogP contribution < -0.4 is 19.5 Å². The molecule has 4 aromatic rings. The lowest BCUT2D eigenvalue weighted by Gasteiger charge is -2.09. The normalized spacial score (nSPS) is 10.8. The molecule has 2 N–H and O–H groups in total. The van der Waals surface area contributed by atoms with Gasteiger partial charge in [-0.15, -0.1) is 0 Å². The number of anilines is 1. The van der Waals surface area contributed by atoms with Crippen molar-refractivity contribution in [2.24, 2.45) is 0 Å². The number of methoxy groups -OCH3 is 2. The van der Waals surface area contributed by atoms with Gasteiger partial charge in [0.15, 0.2) is 22.3 Å². The third kappa shape index (κ3) is 4.23. The number of hydrogen-bond acceptors (Lipinski definition) is 8. The van der Waals surface area contributed by atoms with Gasteiger partial charge < -0.3 is 19.3 Å².